The predicted molar refractivity (Wildman–Crippen MR) is 124 cm³/mol. The predicted octanol–water partition coefficient (Wildman–Crippen LogP) is 4.72. The van der Waals surface area contributed by atoms with Gasteiger partial charge in [-0.25, -0.2) is 0 Å². The Hall–Kier alpha value is -2.27. The van der Waals surface area contributed by atoms with Gasteiger partial charge in [0.05, 0.1) is 0 Å². The molecule has 5 nitrogen and oxygen atoms in total. The van der Waals surface area contributed by atoms with Crippen LogP contribution in [0.4, 0.5) is 0 Å². The molecule has 5 rings (SSSR count). The van der Waals surface area contributed by atoms with Crippen molar-refractivity contribution in [1.82, 2.24) is 0 Å². The van der Waals surface area contributed by atoms with Gasteiger partial charge in [-0.05, 0) is 79.9 Å². The van der Waals surface area contributed by atoms with Gasteiger partial charge in [-0.3, -0.25) is 14.4 Å². The molecule has 0 aliphatic heterocycles. The van der Waals surface area contributed by atoms with E-state index in [-0.39, 0.29) is 33.7 Å². The molecule has 0 spiro atoms. The lowest BCUT2D eigenvalue weighted by atomic mass is 9.34. The minimum Gasteiger partial charge on any atom is -0.504 e. The molecule has 176 valence electrons. The van der Waals surface area contributed by atoms with Crippen molar-refractivity contribution >= 4 is 17.3 Å². The van der Waals surface area contributed by atoms with E-state index in [0.29, 0.717) is 18.4 Å². The number of hydrogen-bond acceptors (Lipinski definition) is 5. The first-order valence-corrected chi connectivity index (χ1v) is 12.1. The Kier molecular flexibility index (Phi) is 4.26. The van der Waals surface area contributed by atoms with Crippen molar-refractivity contribution in [2.45, 2.75) is 79.2 Å². The molecule has 33 heavy (non-hydrogen) atoms. The molecule has 0 heterocycles. The normalized spacial score (nSPS) is 47.1. The van der Waals surface area contributed by atoms with Crippen LogP contribution in [0.2, 0.25) is 0 Å². The molecule has 0 aromatic heterocycles. The number of aliphatic hydroxyl groups is 2. The summed E-state index contributed by atoms with van der Waals surface area (Å²) in [4.78, 5) is 38.5. The van der Waals surface area contributed by atoms with Crippen molar-refractivity contribution in [3.63, 3.8) is 0 Å². The molecule has 5 heteroatoms. The Morgan fingerprint density at radius 3 is 2.24 bits per heavy atom. The highest BCUT2D eigenvalue weighted by molar-refractivity contribution is 6.42. The molecule has 0 aromatic rings. The molecule has 3 saturated carbocycles. The Balaban J connectivity index is 1.68. The first kappa shape index (κ1) is 22.5. The number of carbonyl (C=O) groups is 3. The molecular weight excluding hydrogens is 416 g/mol. The maximum atomic E-state index is 13.2. The van der Waals surface area contributed by atoms with Gasteiger partial charge in [-0.1, -0.05) is 45.4 Å². The summed E-state index contributed by atoms with van der Waals surface area (Å²) in [5, 5.41) is 21.1. The number of allylic oxidation sites excluding steroid dienone is 7. The second-order valence-electron chi connectivity index (χ2n) is 12.2. The SMILES string of the molecule is CC1=C(O)C(=O)C=C2C1=CC=C1[C@@]2(C)CC[C@@]2(C)[C@@H]3C[C@@](C)(O)C(=O)C(=O)[C@]3(C)CC[C@]12C. The minimum absolute atomic E-state index is 0.118. The van der Waals surface area contributed by atoms with E-state index in [1.54, 1.807) is 13.0 Å². The molecule has 0 saturated heterocycles. The van der Waals surface area contributed by atoms with Crippen molar-refractivity contribution in [3.8, 4) is 0 Å². The zero-order valence-corrected chi connectivity index (χ0v) is 20.5. The molecular formula is C28H34O5. The summed E-state index contributed by atoms with van der Waals surface area (Å²) >= 11 is 0. The number of ketones is 3. The Morgan fingerprint density at radius 2 is 1.58 bits per heavy atom. The summed E-state index contributed by atoms with van der Waals surface area (Å²) in [5.74, 6) is -1.71. The smallest absolute Gasteiger partial charge is 0.230 e. The molecule has 6 atom stereocenters. The number of fused-ring (bicyclic) bond motifs is 7. The van der Waals surface area contributed by atoms with Gasteiger partial charge in [-0.15, -0.1) is 0 Å². The highest BCUT2D eigenvalue weighted by atomic mass is 16.3. The number of carbonyl (C=O) groups excluding carboxylic acids is 3. The van der Waals surface area contributed by atoms with Gasteiger partial charge < -0.3 is 10.2 Å². The van der Waals surface area contributed by atoms with Crippen molar-refractivity contribution in [2.24, 2.45) is 27.6 Å². The maximum Gasteiger partial charge on any atom is 0.230 e. The van der Waals surface area contributed by atoms with Gasteiger partial charge in [-0.2, -0.15) is 0 Å². The Bertz CT molecular complexity index is 1160. The first-order chi connectivity index (χ1) is 15.1. The molecule has 0 radical (unpaired) electrons. The molecule has 5 aliphatic rings. The fourth-order valence-corrected chi connectivity index (χ4v) is 8.20. The highest BCUT2D eigenvalue weighted by Crippen LogP contribution is 2.74. The van der Waals surface area contributed by atoms with Crippen LogP contribution in [0, 0.1) is 27.6 Å². The fraction of sp³-hybridized carbons (Fsp3) is 0.607. The average Bonchev–Trinajstić information content (AvgIpc) is 2.75. The Labute approximate surface area is 195 Å². The third-order valence-electron chi connectivity index (χ3n) is 10.7. The van der Waals surface area contributed by atoms with Crippen LogP contribution in [0.3, 0.4) is 0 Å². The summed E-state index contributed by atoms with van der Waals surface area (Å²) in [6.45, 7) is 11.9. The quantitative estimate of drug-likeness (QED) is 0.521. The maximum absolute atomic E-state index is 13.2. The largest absolute Gasteiger partial charge is 0.504 e. The summed E-state index contributed by atoms with van der Waals surface area (Å²) in [5.41, 5.74) is 0.487. The number of Topliss-reactive ketones (excluding diaryl/α,β-unsaturated/α-hetero) is 2. The lowest BCUT2D eigenvalue weighted by Crippen LogP contribution is -2.67. The van der Waals surface area contributed by atoms with E-state index in [9.17, 15) is 24.6 Å². The van der Waals surface area contributed by atoms with E-state index < -0.39 is 22.6 Å². The molecule has 0 amide bonds. The van der Waals surface area contributed by atoms with Gasteiger partial charge in [0.1, 0.15) is 5.60 Å². The standard InChI is InChI=1S/C28H34O5/c1-15-16-7-8-19-24(2,17(16)13-18(29)21(15)30)9-11-27(5)20-14-28(6,33)23(32)22(31)25(20,3)10-12-26(19,27)4/h7-8,13,20,30,33H,9-12,14H2,1-6H3/t20-,24+,25-,26-,27+,28-/m1/s1. The highest BCUT2D eigenvalue weighted by Gasteiger charge is 2.70. The van der Waals surface area contributed by atoms with Crippen LogP contribution in [0.5, 0.6) is 0 Å². The molecule has 5 aliphatic carbocycles. The van der Waals surface area contributed by atoms with E-state index in [4.69, 9.17) is 0 Å². The van der Waals surface area contributed by atoms with Crippen molar-refractivity contribution in [2.75, 3.05) is 0 Å². The summed E-state index contributed by atoms with van der Waals surface area (Å²) < 4.78 is 0. The molecule has 0 bridgehead atoms. The van der Waals surface area contributed by atoms with E-state index in [1.807, 2.05) is 13.0 Å². The van der Waals surface area contributed by atoms with Crippen LogP contribution in [0.25, 0.3) is 0 Å². The van der Waals surface area contributed by atoms with Crippen LogP contribution < -0.4 is 0 Å². The van der Waals surface area contributed by atoms with Crippen molar-refractivity contribution in [3.05, 3.63) is 46.3 Å². The van der Waals surface area contributed by atoms with Crippen molar-refractivity contribution in [1.29, 1.82) is 0 Å². The van der Waals surface area contributed by atoms with Crippen LogP contribution >= 0.6 is 0 Å². The van der Waals surface area contributed by atoms with Crippen LogP contribution in [-0.2, 0) is 14.4 Å². The van der Waals surface area contributed by atoms with Crippen LogP contribution in [0.15, 0.2) is 46.3 Å². The van der Waals surface area contributed by atoms with E-state index >= 15 is 0 Å². The molecule has 0 aromatic carbocycles. The summed E-state index contributed by atoms with van der Waals surface area (Å²) in [6, 6.07) is 0. The summed E-state index contributed by atoms with van der Waals surface area (Å²) in [6.07, 6.45) is 9.09. The molecule has 3 fully saturated rings. The van der Waals surface area contributed by atoms with Crippen molar-refractivity contribution < 1.29 is 24.6 Å². The van der Waals surface area contributed by atoms with Crippen LogP contribution in [-0.4, -0.2) is 33.2 Å². The molecule has 2 N–H and O–H groups in total. The van der Waals surface area contributed by atoms with Gasteiger partial charge in [0.15, 0.2) is 5.76 Å². The van der Waals surface area contributed by atoms with Gasteiger partial charge >= 0.3 is 0 Å². The summed E-state index contributed by atoms with van der Waals surface area (Å²) in [7, 11) is 0. The molecule has 0 unspecified atom stereocenters. The monoisotopic (exact) mass is 450 g/mol. The fourth-order valence-electron chi connectivity index (χ4n) is 8.20. The third kappa shape index (κ3) is 2.44. The Morgan fingerprint density at radius 1 is 0.909 bits per heavy atom. The zero-order valence-electron chi connectivity index (χ0n) is 20.5. The topological polar surface area (TPSA) is 91.7 Å². The van der Waals surface area contributed by atoms with E-state index in [2.05, 4.69) is 26.8 Å². The second-order valence-corrected chi connectivity index (χ2v) is 12.2. The van der Waals surface area contributed by atoms with Crippen LogP contribution in [0.1, 0.15) is 73.6 Å². The number of rotatable bonds is 0. The van der Waals surface area contributed by atoms with E-state index in [0.717, 1.165) is 30.4 Å². The van der Waals surface area contributed by atoms with Gasteiger partial charge in [0.2, 0.25) is 17.3 Å². The first-order valence-electron chi connectivity index (χ1n) is 12.1. The third-order valence-corrected chi connectivity index (χ3v) is 10.7. The number of aliphatic hydroxyl groups excluding tert-OH is 1. The average molecular weight is 451 g/mol. The van der Waals surface area contributed by atoms with Gasteiger partial charge in [0, 0.05) is 16.4 Å². The minimum atomic E-state index is -1.63. The lowest BCUT2D eigenvalue weighted by Gasteiger charge is -2.68. The zero-order chi connectivity index (χ0) is 24.4. The van der Waals surface area contributed by atoms with E-state index in [1.165, 1.54) is 12.5 Å². The number of hydrogen-bond donors (Lipinski definition) is 2. The van der Waals surface area contributed by atoms with Gasteiger partial charge in [0.25, 0.3) is 0 Å². The lowest BCUT2D eigenvalue weighted by molar-refractivity contribution is -0.188. The second kappa shape index (κ2) is 6.24.